The minimum atomic E-state index is -0.454. The van der Waals surface area contributed by atoms with Gasteiger partial charge in [0.05, 0.1) is 0 Å². The third-order valence-electron chi connectivity index (χ3n) is 0.721. The number of hydrogen-bond donors (Lipinski definition) is 0. The molecule has 0 saturated heterocycles. The van der Waals surface area contributed by atoms with E-state index in [1.807, 2.05) is 0 Å². The number of nitrogens with zero attached hydrogens (tertiary/aromatic N) is 3. The van der Waals surface area contributed by atoms with Crippen LogP contribution in [0, 0.1) is 5.95 Å². The van der Waals surface area contributed by atoms with Gasteiger partial charge in [0.25, 0.3) is 0 Å². The molecule has 0 atom stereocenters. The Kier molecular flexibility index (Phi) is 1.29. The Hall–Kier alpha value is -0.450. The number of halogens is 2. The van der Waals surface area contributed by atoms with E-state index in [4.69, 9.17) is 0 Å². The van der Waals surface area contributed by atoms with Crippen LogP contribution in [-0.2, 0) is 7.05 Å². The van der Waals surface area contributed by atoms with Crippen molar-refractivity contribution in [1.29, 1.82) is 0 Å². The Morgan fingerprint density at radius 3 is 2.50 bits per heavy atom. The second kappa shape index (κ2) is 1.81. The highest BCUT2D eigenvalue weighted by atomic mass is 79.9. The molecule has 5 heteroatoms. The summed E-state index contributed by atoms with van der Waals surface area (Å²) in [6, 6.07) is 0. The van der Waals surface area contributed by atoms with Crippen molar-refractivity contribution >= 4 is 15.9 Å². The maximum atomic E-state index is 12.3. The van der Waals surface area contributed by atoms with Crippen LogP contribution in [0.4, 0.5) is 4.39 Å². The van der Waals surface area contributed by atoms with Crippen LogP contribution in [0.3, 0.4) is 0 Å². The van der Waals surface area contributed by atoms with Crippen molar-refractivity contribution in [3.8, 4) is 0 Å². The second-order valence-corrected chi connectivity index (χ2v) is 2.05. The van der Waals surface area contributed by atoms with E-state index in [2.05, 4.69) is 26.2 Å². The quantitative estimate of drug-likeness (QED) is 0.588. The van der Waals surface area contributed by atoms with Gasteiger partial charge < -0.3 is 0 Å². The van der Waals surface area contributed by atoms with Gasteiger partial charge in [-0.2, -0.15) is 4.39 Å². The fourth-order valence-electron chi connectivity index (χ4n) is 0.320. The van der Waals surface area contributed by atoms with Crippen molar-refractivity contribution in [2.24, 2.45) is 7.05 Å². The minimum Gasteiger partial charge on any atom is -0.221 e. The first-order valence-corrected chi connectivity index (χ1v) is 2.72. The molecule has 0 saturated carbocycles. The van der Waals surface area contributed by atoms with Gasteiger partial charge in [-0.05, 0) is 15.9 Å². The van der Waals surface area contributed by atoms with Gasteiger partial charge in [0.1, 0.15) is 0 Å². The molecular formula is C3H3BrFN3. The van der Waals surface area contributed by atoms with E-state index in [-0.39, 0.29) is 4.60 Å². The van der Waals surface area contributed by atoms with Gasteiger partial charge in [0, 0.05) is 7.05 Å². The van der Waals surface area contributed by atoms with Crippen LogP contribution in [0.2, 0.25) is 0 Å². The molecule has 8 heavy (non-hydrogen) atoms. The first-order chi connectivity index (χ1) is 3.72. The predicted octanol–water partition coefficient (Wildman–Crippen LogP) is 0.717. The second-order valence-electron chi connectivity index (χ2n) is 1.29. The molecular weight excluding hydrogens is 177 g/mol. The lowest BCUT2D eigenvalue weighted by Gasteiger charge is -1.82. The average molecular weight is 180 g/mol. The fourth-order valence-corrected chi connectivity index (χ4v) is 0.648. The lowest BCUT2D eigenvalue weighted by atomic mass is 10.9. The highest BCUT2D eigenvalue weighted by Crippen LogP contribution is 2.07. The standard InChI is InChI=1S/C3H3BrFN3/c1-8-3(5)2(4)6-7-8/h1H3. The highest BCUT2D eigenvalue weighted by Gasteiger charge is 2.03. The largest absolute Gasteiger partial charge is 0.246 e. The maximum Gasteiger partial charge on any atom is 0.246 e. The molecule has 0 radical (unpaired) electrons. The van der Waals surface area contributed by atoms with E-state index < -0.39 is 5.95 Å². The first-order valence-electron chi connectivity index (χ1n) is 1.92. The van der Waals surface area contributed by atoms with Gasteiger partial charge >= 0.3 is 0 Å². The lowest BCUT2D eigenvalue weighted by molar-refractivity contribution is 0.497. The van der Waals surface area contributed by atoms with E-state index in [0.29, 0.717) is 0 Å². The molecule has 3 nitrogen and oxygen atoms in total. The molecule has 0 fully saturated rings. The van der Waals surface area contributed by atoms with Gasteiger partial charge in [0.15, 0.2) is 4.60 Å². The smallest absolute Gasteiger partial charge is 0.221 e. The normalized spacial score (nSPS) is 9.88. The number of aromatic nitrogens is 3. The van der Waals surface area contributed by atoms with Crippen molar-refractivity contribution in [3.63, 3.8) is 0 Å². The van der Waals surface area contributed by atoms with Crippen LogP contribution in [0.5, 0.6) is 0 Å². The molecule has 44 valence electrons. The summed E-state index contributed by atoms with van der Waals surface area (Å²) in [5.41, 5.74) is 0. The minimum absolute atomic E-state index is 0.153. The summed E-state index contributed by atoms with van der Waals surface area (Å²) in [6.07, 6.45) is 0. The van der Waals surface area contributed by atoms with Crippen molar-refractivity contribution in [2.75, 3.05) is 0 Å². The monoisotopic (exact) mass is 179 g/mol. The molecule has 1 heterocycles. The molecule has 0 aliphatic heterocycles. The summed E-state index contributed by atoms with van der Waals surface area (Å²) >= 11 is 2.85. The van der Waals surface area contributed by atoms with Crippen molar-refractivity contribution in [1.82, 2.24) is 15.0 Å². The third kappa shape index (κ3) is 0.730. The Balaban J connectivity index is 3.19. The zero-order valence-corrected chi connectivity index (χ0v) is 5.68. The van der Waals surface area contributed by atoms with Crippen LogP contribution in [0.25, 0.3) is 0 Å². The fraction of sp³-hybridized carbons (Fsp3) is 0.333. The van der Waals surface area contributed by atoms with Gasteiger partial charge in [-0.3, -0.25) is 0 Å². The van der Waals surface area contributed by atoms with Crippen molar-refractivity contribution in [3.05, 3.63) is 10.6 Å². The van der Waals surface area contributed by atoms with Crippen LogP contribution >= 0.6 is 15.9 Å². The molecule has 0 amide bonds. The number of rotatable bonds is 0. The van der Waals surface area contributed by atoms with E-state index >= 15 is 0 Å². The average Bonchev–Trinajstić information content (AvgIpc) is 1.98. The Morgan fingerprint density at radius 2 is 2.38 bits per heavy atom. The zero-order chi connectivity index (χ0) is 6.15. The van der Waals surface area contributed by atoms with Gasteiger partial charge in [-0.1, -0.05) is 5.21 Å². The molecule has 1 aromatic rings. The Morgan fingerprint density at radius 1 is 1.75 bits per heavy atom. The topological polar surface area (TPSA) is 30.7 Å². The molecule has 1 rings (SSSR count). The Bertz CT molecular complexity index is 177. The summed E-state index contributed by atoms with van der Waals surface area (Å²) in [7, 11) is 1.48. The lowest BCUT2D eigenvalue weighted by Crippen LogP contribution is -1.92. The van der Waals surface area contributed by atoms with Crippen molar-refractivity contribution in [2.45, 2.75) is 0 Å². The molecule has 0 N–H and O–H groups in total. The number of hydrogen-bond acceptors (Lipinski definition) is 2. The molecule has 1 aromatic heterocycles. The van der Waals surface area contributed by atoms with Crippen LogP contribution < -0.4 is 0 Å². The van der Waals surface area contributed by atoms with E-state index in [1.54, 1.807) is 0 Å². The van der Waals surface area contributed by atoms with Crippen molar-refractivity contribution < 1.29 is 4.39 Å². The van der Waals surface area contributed by atoms with E-state index in [1.165, 1.54) is 7.05 Å². The summed E-state index contributed by atoms with van der Waals surface area (Å²) in [5, 5.41) is 6.73. The molecule has 0 bridgehead atoms. The van der Waals surface area contributed by atoms with Gasteiger partial charge in [-0.15, -0.1) is 5.10 Å². The zero-order valence-electron chi connectivity index (χ0n) is 4.10. The summed E-state index contributed by atoms with van der Waals surface area (Å²) in [4.78, 5) is 0. The van der Waals surface area contributed by atoms with E-state index in [9.17, 15) is 4.39 Å². The van der Waals surface area contributed by atoms with Crippen LogP contribution in [-0.4, -0.2) is 15.0 Å². The third-order valence-corrected chi connectivity index (χ3v) is 1.21. The Labute approximate surface area is 53.6 Å². The summed E-state index contributed by atoms with van der Waals surface area (Å²) in [5.74, 6) is -0.454. The highest BCUT2D eigenvalue weighted by molar-refractivity contribution is 9.10. The number of aryl methyl sites for hydroxylation is 1. The molecule has 0 spiro atoms. The first kappa shape index (κ1) is 5.68. The van der Waals surface area contributed by atoms with Crippen LogP contribution in [0.15, 0.2) is 4.60 Å². The molecule has 0 aliphatic carbocycles. The maximum absolute atomic E-state index is 12.3. The summed E-state index contributed by atoms with van der Waals surface area (Å²) < 4.78 is 13.5. The molecule has 0 aliphatic rings. The van der Waals surface area contributed by atoms with Gasteiger partial charge in [0.2, 0.25) is 5.95 Å². The SMILES string of the molecule is Cn1nnc(Br)c1F. The predicted molar refractivity (Wildman–Crippen MR) is 28.7 cm³/mol. The summed E-state index contributed by atoms with van der Waals surface area (Å²) in [6.45, 7) is 0. The molecule has 0 aromatic carbocycles. The van der Waals surface area contributed by atoms with Crippen LogP contribution in [0.1, 0.15) is 0 Å². The van der Waals surface area contributed by atoms with Gasteiger partial charge in [-0.25, -0.2) is 4.68 Å². The molecule has 0 unspecified atom stereocenters. The van der Waals surface area contributed by atoms with E-state index in [0.717, 1.165) is 4.68 Å².